The first-order chi connectivity index (χ1) is 39.7. The van der Waals surface area contributed by atoms with E-state index in [4.69, 9.17) is 0 Å². The van der Waals surface area contributed by atoms with E-state index in [2.05, 4.69) is 298 Å². The van der Waals surface area contributed by atoms with Gasteiger partial charge in [-0.05, 0) is 22.0 Å². The fraction of sp³-hybridized carbons (Fsp3) is 0.200. The third-order valence-electron chi connectivity index (χ3n) is 18.3. The molecule has 0 aliphatic heterocycles. The van der Waals surface area contributed by atoms with Gasteiger partial charge < -0.3 is 0 Å². The Bertz CT molecular complexity index is 4980. The zero-order valence-corrected chi connectivity index (χ0v) is 51.6. The molecule has 3 aromatic heterocycles. The molecule has 83 heavy (non-hydrogen) atoms. The number of benzene rings is 12. The molecule has 15 aromatic rings. The Hall–Kier alpha value is -8.20. The van der Waals surface area contributed by atoms with E-state index in [0.29, 0.717) is 0 Å². The minimum absolute atomic E-state index is 0.0163. The zero-order chi connectivity index (χ0) is 57.2. The summed E-state index contributed by atoms with van der Waals surface area (Å²) < 4.78 is 8.05. The van der Waals surface area contributed by atoms with Crippen LogP contribution < -0.4 is 0 Å². The summed E-state index contributed by atoms with van der Waals surface area (Å²) in [7, 11) is 0. The summed E-state index contributed by atoms with van der Waals surface area (Å²) in [5.74, 6) is 0. The van der Waals surface area contributed by atoms with Crippen LogP contribution >= 0.6 is 0 Å². The summed E-state index contributed by atoms with van der Waals surface area (Å²) in [6.07, 6.45) is 0. The molecule has 0 unspecified atom stereocenters. The summed E-state index contributed by atoms with van der Waals surface area (Å²) >= 11 is 0.0767. The van der Waals surface area contributed by atoms with E-state index in [0.717, 1.165) is 0 Å². The van der Waals surface area contributed by atoms with Gasteiger partial charge in [-0.25, -0.2) is 0 Å². The molecular weight excluding hydrogens is 1070 g/mol. The molecule has 0 spiro atoms. The monoisotopic (exact) mass is 1140 g/mol. The van der Waals surface area contributed by atoms with Crippen molar-refractivity contribution in [1.82, 2.24) is 9.13 Å². The van der Waals surface area contributed by atoms with Gasteiger partial charge >= 0.3 is 391 Å². The summed E-state index contributed by atoms with van der Waals surface area (Å²) in [6, 6.07) is 80.1. The molecule has 0 saturated heterocycles. The first kappa shape index (κ1) is 51.7. The average molecular weight is 1140 g/mol. The number of hydrogen-bond donors (Lipinski definition) is 0. The maximum absolute atomic E-state index is 2.59. The van der Waals surface area contributed by atoms with Gasteiger partial charge in [-0.3, -0.25) is 0 Å². The third kappa shape index (κ3) is 7.95. The second-order valence-corrected chi connectivity index (χ2v) is 29.9. The second kappa shape index (κ2) is 18.1. The van der Waals surface area contributed by atoms with Crippen molar-refractivity contribution in [2.24, 2.45) is 0 Å². The van der Waals surface area contributed by atoms with Crippen LogP contribution in [0, 0.1) is 0 Å². The quantitative estimate of drug-likeness (QED) is 0.123. The van der Waals surface area contributed by atoms with Crippen LogP contribution in [0.3, 0.4) is 0 Å². The first-order valence-electron chi connectivity index (χ1n) is 29.7. The van der Waals surface area contributed by atoms with E-state index in [-0.39, 0.29) is 36.2 Å². The van der Waals surface area contributed by atoms with Crippen molar-refractivity contribution < 1.29 is 0 Å². The van der Waals surface area contributed by atoms with E-state index in [1.54, 1.807) is 0 Å². The molecule has 3 heteroatoms. The molecule has 15 rings (SSSR count). The van der Waals surface area contributed by atoms with E-state index in [1.807, 2.05) is 0 Å². The number of hydrogen-bond acceptors (Lipinski definition) is 0. The number of nitrogens with zero attached hydrogens (tertiary/aromatic N) is 2. The fourth-order valence-electron chi connectivity index (χ4n) is 13.8. The van der Waals surface area contributed by atoms with E-state index >= 15 is 0 Å². The third-order valence-corrected chi connectivity index (χ3v) is 20.9. The Morgan fingerprint density at radius 3 is 0.940 bits per heavy atom. The van der Waals surface area contributed by atoms with Crippen molar-refractivity contribution in [3.63, 3.8) is 0 Å². The Labute approximate surface area is 493 Å². The Morgan fingerprint density at radius 1 is 0.265 bits per heavy atom. The van der Waals surface area contributed by atoms with E-state index < -0.39 is 0 Å². The van der Waals surface area contributed by atoms with Crippen molar-refractivity contribution in [2.75, 3.05) is 0 Å². The number of rotatable bonds is 4. The molecular formula is C80H70N2Se. The minimum atomic E-state index is 0.0163. The molecule has 0 aliphatic rings. The SMILES string of the molecule is CC(C)(C)c1ccc2c(c1)c1cc(C(C)(C)C)ccc1n2-c1c2ccccc2c(-c2ccc3[se]c4c(-c5c6ccccc6c(-n6c7ccc(C(C)(C)C)cc7c7cc(C(C)(C)C)ccc76)c6ccccc56)cccc4c3c2)c2ccccc12. The Balaban J connectivity index is 0.946. The van der Waals surface area contributed by atoms with Gasteiger partial charge in [-0.2, -0.15) is 0 Å². The van der Waals surface area contributed by atoms with Crippen molar-refractivity contribution in [3.8, 4) is 33.6 Å². The topological polar surface area (TPSA) is 9.86 Å². The molecule has 3 heterocycles. The standard InChI is InChI=1S/C80H70N2Se/c1-77(2,3)48-33-37-67-62(43-48)63-44-49(78(4,5)6)34-38-68(63)81(67)74-56-26-17-13-22-52(56)72(53-23-14-18-27-57(53)74)47-32-41-71-66(42-47)60-30-21-31-61(76(60)83-71)73-54-24-15-19-28-58(54)75(59-29-20-16-25-55(59)73)82-69-39-35-50(79(7,8)9)45-64(69)65-46-51(80(10,11)12)36-40-70(65)82/h13-46H,1-12H3. The Morgan fingerprint density at radius 2 is 0.590 bits per heavy atom. The van der Waals surface area contributed by atoms with Crippen LogP contribution in [0.15, 0.2) is 206 Å². The van der Waals surface area contributed by atoms with Gasteiger partial charge in [-0.15, -0.1) is 0 Å². The van der Waals surface area contributed by atoms with Crippen LogP contribution in [0.25, 0.3) is 140 Å². The van der Waals surface area contributed by atoms with Crippen LogP contribution in [0.1, 0.15) is 105 Å². The number of fused-ring (bicyclic) bond motifs is 13. The van der Waals surface area contributed by atoms with Gasteiger partial charge in [0.2, 0.25) is 0 Å². The van der Waals surface area contributed by atoms with E-state index in [1.165, 1.54) is 162 Å². The molecule has 0 amide bonds. The normalized spacial score (nSPS) is 13.1. The van der Waals surface area contributed by atoms with Crippen LogP contribution in [0.4, 0.5) is 0 Å². The van der Waals surface area contributed by atoms with Gasteiger partial charge in [0.25, 0.3) is 0 Å². The molecule has 0 fully saturated rings. The van der Waals surface area contributed by atoms with Gasteiger partial charge in [0, 0.05) is 0 Å². The predicted molar refractivity (Wildman–Crippen MR) is 363 cm³/mol. The van der Waals surface area contributed by atoms with Crippen LogP contribution in [-0.2, 0) is 21.7 Å². The zero-order valence-electron chi connectivity index (χ0n) is 49.9. The van der Waals surface area contributed by atoms with Gasteiger partial charge in [-0.1, -0.05) is 83.1 Å². The molecule has 0 radical (unpaired) electrons. The molecule has 2 nitrogen and oxygen atoms in total. The summed E-state index contributed by atoms with van der Waals surface area (Å²) in [6.45, 7) is 27.9. The Kier molecular flexibility index (Phi) is 11.3. The van der Waals surface area contributed by atoms with Crippen molar-refractivity contribution in [2.45, 2.75) is 105 Å². The van der Waals surface area contributed by atoms with Crippen LogP contribution in [0.2, 0.25) is 0 Å². The molecule has 0 bridgehead atoms. The number of aromatic nitrogens is 2. The molecule has 0 aliphatic carbocycles. The summed E-state index contributed by atoms with van der Waals surface area (Å²) in [5.41, 5.74) is 18.1. The first-order valence-corrected chi connectivity index (χ1v) is 31.5. The summed E-state index contributed by atoms with van der Waals surface area (Å²) in [4.78, 5) is 0. The second-order valence-electron chi connectivity index (χ2n) is 27.7. The molecule has 0 saturated carbocycles. The van der Waals surface area contributed by atoms with Crippen LogP contribution in [0.5, 0.6) is 0 Å². The molecule has 0 N–H and O–H groups in total. The van der Waals surface area contributed by atoms with E-state index in [9.17, 15) is 0 Å². The van der Waals surface area contributed by atoms with Gasteiger partial charge in [0.05, 0.1) is 0 Å². The molecule has 0 atom stereocenters. The van der Waals surface area contributed by atoms with Gasteiger partial charge in [0.1, 0.15) is 0 Å². The van der Waals surface area contributed by atoms with Crippen molar-refractivity contribution in [1.29, 1.82) is 0 Å². The van der Waals surface area contributed by atoms with Crippen molar-refractivity contribution in [3.05, 3.63) is 229 Å². The average Bonchev–Trinajstić information content (AvgIpc) is 3.05. The maximum atomic E-state index is 2.59. The fourth-order valence-corrected chi connectivity index (χ4v) is 16.4. The van der Waals surface area contributed by atoms with Crippen LogP contribution in [-0.4, -0.2) is 23.6 Å². The molecule has 406 valence electrons. The van der Waals surface area contributed by atoms with Gasteiger partial charge in [0.15, 0.2) is 0 Å². The van der Waals surface area contributed by atoms with Crippen molar-refractivity contribution >= 4 is 120 Å². The predicted octanol–water partition coefficient (Wildman–Crippen LogP) is 22.4. The molecule has 12 aromatic carbocycles. The summed E-state index contributed by atoms with van der Waals surface area (Å²) in [5, 5.41) is 18.0.